The van der Waals surface area contributed by atoms with Crippen LogP contribution in [0.2, 0.25) is 0 Å². The minimum Gasteiger partial charge on any atom is -0.477 e. The summed E-state index contributed by atoms with van der Waals surface area (Å²) in [6, 6.07) is 5.38. The van der Waals surface area contributed by atoms with Gasteiger partial charge in [-0.1, -0.05) is 6.07 Å². The third-order valence-corrected chi connectivity index (χ3v) is 2.37. The quantitative estimate of drug-likeness (QED) is 0.602. The van der Waals surface area contributed by atoms with Gasteiger partial charge in [0, 0.05) is 6.07 Å². The first-order valence-corrected chi connectivity index (χ1v) is 4.32. The number of aromatic nitrogens is 2. The maximum absolute atomic E-state index is 11.7. The lowest BCUT2D eigenvalue weighted by Crippen LogP contribution is -2.37. The lowest BCUT2D eigenvalue weighted by molar-refractivity contribution is -0.655. The van der Waals surface area contributed by atoms with E-state index in [4.69, 9.17) is 0 Å². The lowest BCUT2D eigenvalue weighted by atomic mass is 10.3. The highest BCUT2D eigenvalue weighted by Gasteiger charge is 2.16. The van der Waals surface area contributed by atoms with Gasteiger partial charge in [0.2, 0.25) is 0 Å². The Morgan fingerprint density at radius 3 is 2.86 bits per heavy atom. The second-order valence-electron chi connectivity index (χ2n) is 3.24. The van der Waals surface area contributed by atoms with E-state index in [1.165, 1.54) is 4.40 Å². The van der Waals surface area contributed by atoms with E-state index in [2.05, 4.69) is 0 Å². The molecule has 4 nitrogen and oxygen atoms in total. The molecule has 0 aliphatic rings. The molecule has 0 aliphatic heterocycles. The standard InChI is InChI=1S/C10H10N2O2/c1-7-9(13)11(2)8-5-3-4-6-12(8)10(7)14/h3-6H,1-2H3/p+1. The largest absolute Gasteiger partial charge is 0.477 e. The van der Waals surface area contributed by atoms with Gasteiger partial charge >= 0.3 is 5.56 Å². The molecule has 0 saturated carbocycles. The summed E-state index contributed by atoms with van der Waals surface area (Å²) in [6.07, 6.45) is 1.68. The third-order valence-electron chi connectivity index (χ3n) is 2.37. The summed E-state index contributed by atoms with van der Waals surface area (Å²) in [6.45, 7) is 1.61. The summed E-state index contributed by atoms with van der Waals surface area (Å²) in [4.78, 5) is 11.7. The van der Waals surface area contributed by atoms with Crippen molar-refractivity contribution in [2.24, 2.45) is 7.05 Å². The van der Waals surface area contributed by atoms with Crippen molar-refractivity contribution in [3.8, 4) is 5.88 Å². The van der Waals surface area contributed by atoms with Gasteiger partial charge in [-0.2, -0.15) is 8.97 Å². The molecule has 2 rings (SSSR count). The molecule has 0 unspecified atom stereocenters. The third kappa shape index (κ3) is 1.00. The van der Waals surface area contributed by atoms with E-state index in [1.54, 1.807) is 36.9 Å². The minimum absolute atomic E-state index is 0.0150. The number of aromatic hydroxyl groups is 1. The maximum atomic E-state index is 11.7. The summed E-state index contributed by atoms with van der Waals surface area (Å²) in [5, 5.41) is 9.63. The number of hydrogen-bond acceptors (Lipinski definition) is 2. The van der Waals surface area contributed by atoms with Crippen LogP contribution < -0.4 is 10.1 Å². The van der Waals surface area contributed by atoms with Gasteiger partial charge in [-0.15, -0.1) is 0 Å². The molecule has 0 aromatic carbocycles. The van der Waals surface area contributed by atoms with Crippen LogP contribution in [-0.4, -0.2) is 9.51 Å². The van der Waals surface area contributed by atoms with E-state index in [9.17, 15) is 9.90 Å². The van der Waals surface area contributed by atoms with Crippen LogP contribution in [0, 0.1) is 6.92 Å². The van der Waals surface area contributed by atoms with Crippen LogP contribution in [0.3, 0.4) is 0 Å². The second kappa shape index (κ2) is 2.83. The molecule has 2 heterocycles. The highest BCUT2D eigenvalue weighted by Crippen LogP contribution is 2.05. The average Bonchev–Trinajstić information content (AvgIpc) is 2.23. The fraction of sp³-hybridized carbons (Fsp3) is 0.200. The van der Waals surface area contributed by atoms with E-state index in [1.807, 2.05) is 6.07 Å². The first-order valence-electron chi connectivity index (χ1n) is 4.32. The molecular formula is C10H11N2O2+. The number of rotatable bonds is 0. The van der Waals surface area contributed by atoms with Gasteiger partial charge in [0.1, 0.15) is 5.56 Å². The van der Waals surface area contributed by atoms with Gasteiger partial charge < -0.3 is 5.11 Å². The molecule has 4 heteroatoms. The van der Waals surface area contributed by atoms with Crippen LogP contribution in [0.4, 0.5) is 0 Å². The molecule has 2 aromatic rings. The Balaban J connectivity index is 3.10. The molecule has 0 radical (unpaired) electrons. The summed E-state index contributed by atoms with van der Waals surface area (Å²) in [5.41, 5.74) is 0.841. The normalized spacial score (nSPS) is 10.7. The van der Waals surface area contributed by atoms with E-state index >= 15 is 0 Å². The topological polar surface area (TPSA) is 45.6 Å². The summed E-state index contributed by atoms with van der Waals surface area (Å²) >= 11 is 0. The Morgan fingerprint density at radius 1 is 1.43 bits per heavy atom. The number of pyridine rings is 1. The average molecular weight is 191 g/mol. The zero-order valence-corrected chi connectivity index (χ0v) is 8.06. The van der Waals surface area contributed by atoms with Gasteiger partial charge in [0.05, 0.1) is 13.2 Å². The molecule has 0 amide bonds. The number of fused-ring (bicyclic) bond motifs is 1. The van der Waals surface area contributed by atoms with E-state index in [0.717, 1.165) is 0 Å². The SMILES string of the molecule is Cc1c(O)[n+](C)c2ccccn2c1=O. The van der Waals surface area contributed by atoms with Gasteiger partial charge in [-0.3, -0.25) is 0 Å². The highest BCUT2D eigenvalue weighted by molar-refractivity contribution is 5.34. The number of hydrogen-bond donors (Lipinski definition) is 1. The van der Waals surface area contributed by atoms with Crippen LogP contribution in [0.25, 0.3) is 5.65 Å². The molecule has 1 N–H and O–H groups in total. The molecule has 0 bridgehead atoms. The van der Waals surface area contributed by atoms with Crippen molar-refractivity contribution < 1.29 is 9.67 Å². The van der Waals surface area contributed by atoms with Crippen LogP contribution >= 0.6 is 0 Å². The van der Waals surface area contributed by atoms with Crippen molar-refractivity contribution in [2.75, 3.05) is 0 Å². The Bertz CT molecular complexity index is 558. The smallest absolute Gasteiger partial charge is 0.349 e. The van der Waals surface area contributed by atoms with Crippen molar-refractivity contribution in [1.29, 1.82) is 0 Å². The highest BCUT2D eigenvalue weighted by atomic mass is 16.3. The van der Waals surface area contributed by atoms with Crippen LogP contribution in [0.5, 0.6) is 5.88 Å². The van der Waals surface area contributed by atoms with E-state index in [-0.39, 0.29) is 11.4 Å². The molecule has 72 valence electrons. The molecular weight excluding hydrogens is 180 g/mol. The van der Waals surface area contributed by atoms with Crippen LogP contribution in [0.1, 0.15) is 5.56 Å². The molecule has 0 saturated heterocycles. The van der Waals surface area contributed by atoms with E-state index < -0.39 is 0 Å². The van der Waals surface area contributed by atoms with Gasteiger partial charge in [-0.25, -0.2) is 4.79 Å². The summed E-state index contributed by atoms with van der Waals surface area (Å²) in [5.74, 6) is 0.0150. The Hall–Kier alpha value is -1.84. The maximum Gasteiger partial charge on any atom is 0.349 e. The molecule has 0 fully saturated rings. The molecule has 0 aliphatic carbocycles. The fourth-order valence-electron chi connectivity index (χ4n) is 1.52. The van der Waals surface area contributed by atoms with Gasteiger partial charge in [0.25, 0.3) is 11.5 Å². The van der Waals surface area contributed by atoms with Crippen molar-refractivity contribution in [2.45, 2.75) is 6.92 Å². The first kappa shape index (κ1) is 8.74. The molecule has 0 atom stereocenters. The Kier molecular flexibility index (Phi) is 1.77. The van der Waals surface area contributed by atoms with E-state index in [0.29, 0.717) is 11.2 Å². The zero-order chi connectivity index (χ0) is 10.3. The van der Waals surface area contributed by atoms with Gasteiger partial charge in [0.15, 0.2) is 0 Å². The molecule has 14 heavy (non-hydrogen) atoms. The van der Waals surface area contributed by atoms with Crippen molar-refractivity contribution >= 4 is 5.65 Å². The zero-order valence-electron chi connectivity index (χ0n) is 8.06. The van der Waals surface area contributed by atoms with Crippen molar-refractivity contribution in [3.05, 3.63) is 40.3 Å². The van der Waals surface area contributed by atoms with Crippen molar-refractivity contribution in [1.82, 2.24) is 4.40 Å². The van der Waals surface area contributed by atoms with Gasteiger partial charge in [-0.05, 0) is 13.0 Å². The number of nitrogens with zero attached hydrogens (tertiary/aromatic N) is 2. The monoisotopic (exact) mass is 191 g/mol. The predicted molar refractivity (Wildman–Crippen MR) is 51.2 cm³/mol. The predicted octanol–water partition coefficient (Wildman–Crippen LogP) is 0.138. The summed E-state index contributed by atoms with van der Waals surface area (Å²) in [7, 11) is 1.72. The molecule has 0 spiro atoms. The second-order valence-corrected chi connectivity index (χ2v) is 3.24. The first-order chi connectivity index (χ1) is 6.63. The Morgan fingerprint density at radius 2 is 2.14 bits per heavy atom. The molecule has 2 aromatic heterocycles. The van der Waals surface area contributed by atoms with Crippen LogP contribution in [-0.2, 0) is 7.05 Å². The number of aryl methyl sites for hydroxylation is 1. The lowest BCUT2D eigenvalue weighted by Gasteiger charge is -2.01. The fourth-order valence-corrected chi connectivity index (χ4v) is 1.52. The van der Waals surface area contributed by atoms with Crippen molar-refractivity contribution in [3.63, 3.8) is 0 Å². The minimum atomic E-state index is -0.184. The summed E-state index contributed by atoms with van der Waals surface area (Å²) < 4.78 is 3.09. The Labute approximate surface area is 80.7 Å². The van der Waals surface area contributed by atoms with Crippen LogP contribution in [0.15, 0.2) is 29.2 Å².